The van der Waals surface area contributed by atoms with Gasteiger partial charge in [-0.2, -0.15) is 4.37 Å². The molecule has 17 heavy (non-hydrogen) atoms. The second-order valence-electron chi connectivity index (χ2n) is 5.24. The van der Waals surface area contributed by atoms with E-state index in [4.69, 9.17) is 10.7 Å². The summed E-state index contributed by atoms with van der Waals surface area (Å²) in [7, 11) is 0. The lowest BCUT2D eigenvalue weighted by Crippen LogP contribution is -2.36. The van der Waals surface area contributed by atoms with Gasteiger partial charge in [-0.3, -0.25) is 0 Å². The number of anilines is 1. The third-order valence-corrected chi connectivity index (χ3v) is 4.53. The molecule has 1 saturated heterocycles. The van der Waals surface area contributed by atoms with E-state index in [9.17, 15) is 0 Å². The van der Waals surface area contributed by atoms with Gasteiger partial charge in [-0.25, -0.2) is 4.98 Å². The summed E-state index contributed by atoms with van der Waals surface area (Å²) in [5.74, 6) is 2.51. The molecule has 1 aliphatic heterocycles. The van der Waals surface area contributed by atoms with Gasteiger partial charge in [0.2, 0.25) is 5.13 Å². The number of aromatic nitrogens is 2. The molecule has 1 saturated carbocycles. The van der Waals surface area contributed by atoms with Gasteiger partial charge >= 0.3 is 0 Å². The van der Waals surface area contributed by atoms with Gasteiger partial charge in [-0.05, 0) is 44.6 Å². The van der Waals surface area contributed by atoms with E-state index >= 15 is 0 Å². The maximum absolute atomic E-state index is 5.65. The smallest absolute Gasteiger partial charge is 0.205 e. The van der Waals surface area contributed by atoms with E-state index in [1.807, 2.05) is 0 Å². The Labute approximate surface area is 106 Å². The molecule has 1 aliphatic carbocycles. The van der Waals surface area contributed by atoms with Crippen molar-refractivity contribution >= 4 is 16.7 Å². The van der Waals surface area contributed by atoms with Crippen LogP contribution in [-0.4, -0.2) is 29.0 Å². The van der Waals surface area contributed by atoms with Crippen molar-refractivity contribution in [2.45, 2.75) is 38.0 Å². The molecule has 1 aromatic rings. The van der Waals surface area contributed by atoms with Gasteiger partial charge in [0.1, 0.15) is 5.82 Å². The fourth-order valence-corrected chi connectivity index (χ4v) is 3.35. The minimum atomic E-state index is 0.671. The Morgan fingerprint density at radius 3 is 3.00 bits per heavy atom. The molecule has 0 bridgehead atoms. The van der Waals surface area contributed by atoms with Crippen LogP contribution in [0.25, 0.3) is 0 Å². The topological polar surface area (TPSA) is 55.0 Å². The highest BCUT2D eigenvalue weighted by Crippen LogP contribution is 2.40. The lowest BCUT2D eigenvalue weighted by atomic mass is 9.95. The molecule has 1 atom stereocenters. The average Bonchev–Trinajstić information content (AvgIpc) is 3.08. The normalized spacial score (nSPS) is 25.2. The number of nitrogens with two attached hydrogens (primary N) is 1. The van der Waals surface area contributed by atoms with Crippen molar-refractivity contribution in [2.24, 2.45) is 11.7 Å². The third-order valence-electron chi connectivity index (χ3n) is 3.74. The molecular formula is C12H20N4S. The Hall–Kier alpha value is -0.680. The molecule has 1 unspecified atom stereocenters. The first-order chi connectivity index (χ1) is 8.36. The first-order valence-corrected chi connectivity index (χ1v) is 7.43. The number of nitrogens with zero attached hydrogens (tertiary/aromatic N) is 3. The van der Waals surface area contributed by atoms with E-state index in [2.05, 4.69) is 9.27 Å². The van der Waals surface area contributed by atoms with Crippen LogP contribution in [0.15, 0.2) is 0 Å². The van der Waals surface area contributed by atoms with Crippen LogP contribution in [0.1, 0.15) is 43.8 Å². The molecule has 3 rings (SSSR count). The van der Waals surface area contributed by atoms with Gasteiger partial charge in [-0.15, -0.1) is 0 Å². The SMILES string of the molecule is NCCC1CCCN(c2nc(C3CC3)ns2)C1. The van der Waals surface area contributed by atoms with Crippen molar-refractivity contribution in [3.05, 3.63) is 5.82 Å². The minimum Gasteiger partial charge on any atom is -0.347 e. The lowest BCUT2D eigenvalue weighted by molar-refractivity contribution is 0.395. The van der Waals surface area contributed by atoms with E-state index < -0.39 is 0 Å². The molecule has 2 heterocycles. The fourth-order valence-electron chi connectivity index (χ4n) is 2.57. The lowest BCUT2D eigenvalue weighted by Gasteiger charge is -2.32. The predicted molar refractivity (Wildman–Crippen MR) is 70.5 cm³/mol. The average molecular weight is 252 g/mol. The van der Waals surface area contributed by atoms with Crippen LogP contribution >= 0.6 is 11.5 Å². The van der Waals surface area contributed by atoms with E-state index in [1.54, 1.807) is 11.5 Å². The first-order valence-electron chi connectivity index (χ1n) is 6.65. The van der Waals surface area contributed by atoms with Crippen molar-refractivity contribution in [3.8, 4) is 0 Å². The predicted octanol–water partition coefficient (Wildman–Crippen LogP) is 1.98. The Morgan fingerprint density at radius 2 is 2.24 bits per heavy atom. The second-order valence-corrected chi connectivity index (χ2v) is 5.97. The minimum absolute atomic E-state index is 0.671. The standard InChI is InChI=1S/C12H20N4S/c13-6-5-9-2-1-7-16(8-9)12-14-11(15-17-12)10-3-4-10/h9-10H,1-8,13H2. The van der Waals surface area contributed by atoms with Crippen LogP contribution in [0.4, 0.5) is 5.13 Å². The van der Waals surface area contributed by atoms with Gasteiger partial charge in [-0.1, -0.05) is 0 Å². The molecule has 1 aromatic heterocycles. The van der Waals surface area contributed by atoms with Crippen LogP contribution < -0.4 is 10.6 Å². The number of hydrogen-bond acceptors (Lipinski definition) is 5. The van der Waals surface area contributed by atoms with E-state index in [-0.39, 0.29) is 0 Å². The van der Waals surface area contributed by atoms with Crippen LogP contribution in [-0.2, 0) is 0 Å². The number of piperidine rings is 1. The summed E-state index contributed by atoms with van der Waals surface area (Å²) >= 11 is 1.58. The molecule has 4 nitrogen and oxygen atoms in total. The summed E-state index contributed by atoms with van der Waals surface area (Å²) in [5.41, 5.74) is 5.65. The molecule has 0 aromatic carbocycles. The Bertz CT molecular complexity index is 372. The van der Waals surface area contributed by atoms with E-state index in [0.717, 1.165) is 42.9 Å². The zero-order valence-electron chi connectivity index (χ0n) is 10.1. The zero-order valence-corrected chi connectivity index (χ0v) is 11.0. The summed E-state index contributed by atoms with van der Waals surface area (Å²) in [6.07, 6.45) is 6.30. The van der Waals surface area contributed by atoms with E-state index in [1.165, 1.54) is 25.7 Å². The van der Waals surface area contributed by atoms with Crippen LogP contribution in [0.2, 0.25) is 0 Å². The maximum atomic E-state index is 5.65. The molecular weight excluding hydrogens is 232 g/mol. The summed E-state index contributed by atoms with van der Waals surface area (Å²) in [4.78, 5) is 7.10. The van der Waals surface area contributed by atoms with E-state index in [0.29, 0.717) is 5.92 Å². The highest BCUT2D eigenvalue weighted by molar-refractivity contribution is 7.09. The summed E-state index contributed by atoms with van der Waals surface area (Å²) in [6, 6.07) is 0. The molecule has 0 amide bonds. The van der Waals surface area contributed by atoms with Crippen LogP contribution in [0.3, 0.4) is 0 Å². The molecule has 0 radical (unpaired) electrons. The van der Waals surface area contributed by atoms with Crippen molar-refractivity contribution < 1.29 is 0 Å². The van der Waals surface area contributed by atoms with Crippen molar-refractivity contribution in [1.82, 2.24) is 9.36 Å². The number of rotatable bonds is 4. The van der Waals surface area contributed by atoms with Gasteiger partial charge in [0.05, 0.1) is 0 Å². The second kappa shape index (κ2) is 4.90. The molecule has 2 fully saturated rings. The fraction of sp³-hybridized carbons (Fsp3) is 0.833. The molecule has 2 aliphatic rings. The monoisotopic (exact) mass is 252 g/mol. The van der Waals surface area contributed by atoms with Crippen molar-refractivity contribution in [1.29, 1.82) is 0 Å². The zero-order chi connectivity index (χ0) is 11.7. The summed E-state index contributed by atoms with van der Waals surface area (Å²) < 4.78 is 4.49. The molecule has 2 N–H and O–H groups in total. The van der Waals surface area contributed by atoms with Gasteiger partial charge in [0, 0.05) is 30.5 Å². The summed E-state index contributed by atoms with van der Waals surface area (Å²) in [6.45, 7) is 3.07. The van der Waals surface area contributed by atoms with Gasteiger partial charge in [0.15, 0.2) is 0 Å². The van der Waals surface area contributed by atoms with Gasteiger partial charge in [0.25, 0.3) is 0 Å². The number of hydrogen-bond donors (Lipinski definition) is 1. The highest BCUT2D eigenvalue weighted by Gasteiger charge is 2.29. The quantitative estimate of drug-likeness (QED) is 0.890. The molecule has 5 heteroatoms. The maximum Gasteiger partial charge on any atom is 0.205 e. The van der Waals surface area contributed by atoms with Crippen LogP contribution in [0, 0.1) is 5.92 Å². The Kier molecular flexibility index (Phi) is 3.29. The van der Waals surface area contributed by atoms with Crippen molar-refractivity contribution in [3.63, 3.8) is 0 Å². The summed E-state index contributed by atoms with van der Waals surface area (Å²) in [5, 5.41) is 1.13. The molecule has 94 valence electrons. The third kappa shape index (κ3) is 2.60. The van der Waals surface area contributed by atoms with Crippen molar-refractivity contribution in [2.75, 3.05) is 24.5 Å². The Morgan fingerprint density at radius 1 is 1.35 bits per heavy atom. The Balaban J connectivity index is 1.65. The molecule has 0 spiro atoms. The van der Waals surface area contributed by atoms with Gasteiger partial charge < -0.3 is 10.6 Å². The van der Waals surface area contributed by atoms with Crippen LogP contribution in [0.5, 0.6) is 0 Å². The first kappa shape index (κ1) is 11.4. The highest BCUT2D eigenvalue weighted by atomic mass is 32.1. The largest absolute Gasteiger partial charge is 0.347 e.